The van der Waals surface area contributed by atoms with E-state index in [-0.39, 0.29) is 0 Å². The maximum Gasteiger partial charge on any atom is 0.353 e. The van der Waals surface area contributed by atoms with E-state index in [0.717, 1.165) is 0 Å². The number of nitrogens with zero attached hydrogens (tertiary/aromatic N) is 1. The van der Waals surface area contributed by atoms with E-state index in [9.17, 15) is 22.8 Å². The molecule has 1 atom stereocenters. The lowest BCUT2D eigenvalue weighted by molar-refractivity contribution is 0.0380. The first-order valence-electron chi connectivity index (χ1n) is 3.87. The van der Waals surface area contributed by atoms with Crippen LogP contribution >= 0.6 is 0 Å². The van der Waals surface area contributed by atoms with Gasteiger partial charge in [0, 0.05) is 6.07 Å². The Morgan fingerprint density at radius 3 is 2.53 bits per heavy atom. The summed E-state index contributed by atoms with van der Waals surface area (Å²) in [5.74, 6) is -1.42. The number of hydrogen-bond donors (Lipinski definition) is 2. The van der Waals surface area contributed by atoms with Gasteiger partial charge in [-0.2, -0.15) is 0 Å². The fourth-order valence-electron chi connectivity index (χ4n) is 0.933. The second kappa shape index (κ2) is 4.20. The van der Waals surface area contributed by atoms with Crippen LogP contribution < -0.4 is 5.56 Å². The molecule has 0 saturated heterocycles. The van der Waals surface area contributed by atoms with E-state index in [0.29, 0.717) is 10.7 Å². The number of carboxylic acids is 1. The minimum absolute atomic E-state index is 0.471. The van der Waals surface area contributed by atoms with Crippen molar-refractivity contribution in [2.75, 3.05) is 0 Å². The summed E-state index contributed by atoms with van der Waals surface area (Å²) in [6.45, 7) is -0.899. The van der Waals surface area contributed by atoms with E-state index in [1.54, 1.807) is 0 Å². The van der Waals surface area contributed by atoms with Gasteiger partial charge in [-0.15, -0.1) is 0 Å². The fraction of sp³-hybridized carbons (Fsp3) is 0.429. The highest BCUT2D eigenvalue weighted by Gasteiger charge is 2.21. The summed E-state index contributed by atoms with van der Waals surface area (Å²) < 4.78 is 36.6. The van der Waals surface area contributed by atoms with Crippen LogP contribution in [0.1, 0.15) is 10.5 Å². The van der Waals surface area contributed by atoms with Crippen molar-refractivity contribution in [3.05, 3.63) is 22.1 Å². The first-order valence-corrected chi connectivity index (χ1v) is 3.87. The molecular formula is C7H7F3N2O3. The van der Waals surface area contributed by atoms with Crippen LogP contribution in [0.25, 0.3) is 0 Å². The Kier molecular flexibility index (Phi) is 3.17. The number of carboxylic acid groups (broad SMARTS) is 1. The van der Waals surface area contributed by atoms with Crippen molar-refractivity contribution in [3.63, 3.8) is 0 Å². The molecule has 0 aliphatic carbocycles. The topological polar surface area (TPSA) is 75.1 Å². The fourth-order valence-corrected chi connectivity index (χ4v) is 0.933. The first-order chi connectivity index (χ1) is 6.91. The third-order valence-corrected chi connectivity index (χ3v) is 1.65. The maximum atomic E-state index is 12.5. The molecule has 0 fully saturated rings. The number of aromatic carboxylic acids is 1. The van der Waals surface area contributed by atoms with Gasteiger partial charge >= 0.3 is 5.97 Å². The van der Waals surface area contributed by atoms with Crippen LogP contribution in [0.2, 0.25) is 0 Å². The molecular weight excluding hydrogens is 217 g/mol. The average Bonchev–Trinajstić information content (AvgIpc) is 2.47. The lowest BCUT2D eigenvalue weighted by Gasteiger charge is -2.06. The van der Waals surface area contributed by atoms with E-state index in [2.05, 4.69) is 0 Å². The highest BCUT2D eigenvalue weighted by molar-refractivity contribution is 5.84. The summed E-state index contributed by atoms with van der Waals surface area (Å²) in [6.07, 6.45) is -5.73. The monoisotopic (exact) mass is 224 g/mol. The number of rotatable bonds is 4. The van der Waals surface area contributed by atoms with Gasteiger partial charge in [0.2, 0.25) is 0 Å². The number of alkyl halides is 3. The van der Waals surface area contributed by atoms with Gasteiger partial charge in [0.1, 0.15) is 5.69 Å². The van der Waals surface area contributed by atoms with Crippen LogP contribution in [0.5, 0.6) is 0 Å². The maximum absolute atomic E-state index is 12.5. The number of nitrogens with one attached hydrogen (secondary N) is 1. The molecule has 1 heterocycles. The summed E-state index contributed by atoms with van der Waals surface area (Å²) in [4.78, 5) is 21.3. The second-order valence-corrected chi connectivity index (χ2v) is 2.77. The predicted octanol–water partition coefficient (Wildman–Crippen LogP) is 0.478. The molecule has 1 aromatic heterocycles. The van der Waals surface area contributed by atoms with Gasteiger partial charge < -0.3 is 5.11 Å². The first kappa shape index (κ1) is 11.3. The Balaban J connectivity index is 2.87. The molecule has 1 rings (SSSR count). The van der Waals surface area contributed by atoms with Gasteiger partial charge in [0.25, 0.3) is 12.0 Å². The molecule has 0 amide bonds. The Labute approximate surface area is 81.1 Å². The van der Waals surface area contributed by atoms with Crippen LogP contribution in [0, 0.1) is 0 Å². The lowest BCUT2D eigenvalue weighted by atomic mass is 10.4. The van der Waals surface area contributed by atoms with Crippen LogP contribution in [-0.4, -0.2) is 33.5 Å². The van der Waals surface area contributed by atoms with Crippen molar-refractivity contribution in [1.29, 1.82) is 0 Å². The molecule has 1 unspecified atom stereocenters. The summed E-state index contributed by atoms with van der Waals surface area (Å²) in [7, 11) is 0. The molecule has 2 N–H and O–H groups in total. The van der Waals surface area contributed by atoms with E-state index >= 15 is 0 Å². The van der Waals surface area contributed by atoms with E-state index < -0.39 is 36.4 Å². The van der Waals surface area contributed by atoms with Gasteiger partial charge in [-0.3, -0.25) is 9.89 Å². The Bertz CT molecular complexity index is 412. The number of carbonyl (C=O) groups is 1. The molecule has 0 aliphatic heterocycles. The molecule has 0 aromatic carbocycles. The van der Waals surface area contributed by atoms with Gasteiger partial charge in [-0.1, -0.05) is 0 Å². The zero-order valence-corrected chi connectivity index (χ0v) is 7.28. The van der Waals surface area contributed by atoms with Crippen molar-refractivity contribution in [2.45, 2.75) is 19.1 Å². The largest absolute Gasteiger partial charge is 0.477 e. The highest BCUT2D eigenvalue weighted by Crippen LogP contribution is 2.06. The highest BCUT2D eigenvalue weighted by atomic mass is 19.3. The molecule has 0 radical (unpaired) electrons. The normalized spacial score (nSPS) is 13.1. The van der Waals surface area contributed by atoms with E-state index in [4.69, 9.17) is 5.11 Å². The lowest BCUT2D eigenvalue weighted by Crippen LogP contribution is -2.26. The number of aromatic nitrogens is 2. The van der Waals surface area contributed by atoms with Gasteiger partial charge in [-0.05, 0) is 0 Å². The smallest absolute Gasteiger partial charge is 0.353 e. The average molecular weight is 224 g/mol. The Morgan fingerprint density at radius 1 is 1.53 bits per heavy atom. The minimum Gasteiger partial charge on any atom is -0.477 e. The van der Waals surface area contributed by atoms with Gasteiger partial charge in [-0.25, -0.2) is 22.6 Å². The quantitative estimate of drug-likeness (QED) is 0.780. The number of aromatic amines is 1. The molecule has 15 heavy (non-hydrogen) atoms. The Hall–Kier alpha value is -1.73. The molecule has 5 nitrogen and oxygen atoms in total. The summed E-state index contributed by atoms with van der Waals surface area (Å²) >= 11 is 0. The van der Waals surface area contributed by atoms with Crippen LogP contribution in [0.4, 0.5) is 13.2 Å². The summed E-state index contributed by atoms with van der Waals surface area (Å²) in [5, 5.41) is 10.4. The molecule has 0 spiro atoms. The number of halogens is 3. The molecule has 0 saturated carbocycles. The van der Waals surface area contributed by atoms with Crippen molar-refractivity contribution in [1.82, 2.24) is 9.78 Å². The molecule has 8 heteroatoms. The van der Waals surface area contributed by atoms with Crippen molar-refractivity contribution < 1.29 is 23.1 Å². The van der Waals surface area contributed by atoms with E-state index in [1.165, 1.54) is 0 Å². The predicted molar refractivity (Wildman–Crippen MR) is 42.9 cm³/mol. The van der Waals surface area contributed by atoms with Crippen LogP contribution in [-0.2, 0) is 6.54 Å². The van der Waals surface area contributed by atoms with Gasteiger partial charge in [0.15, 0.2) is 6.17 Å². The molecule has 84 valence electrons. The van der Waals surface area contributed by atoms with Crippen molar-refractivity contribution in [2.24, 2.45) is 0 Å². The summed E-state index contributed by atoms with van der Waals surface area (Å²) in [5.41, 5.74) is -1.34. The zero-order chi connectivity index (χ0) is 11.6. The molecule has 0 aliphatic rings. The Morgan fingerprint density at radius 2 is 2.13 bits per heavy atom. The van der Waals surface area contributed by atoms with Crippen LogP contribution in [0.3, 0.4) is 0 Å². The molecule has 0 bridgehead atoms. The van der Waals surface area contributed by atoms with Crippen molar-refractivity contribution in [3.8, 4) is 0 Å². The third kappa shape index (κ3) is 2.61. The number of hydrogen-bond acceptors (Lipinski definition) is 2. The third-order valence-electron chi connectivity index (χ3n) is 1.65. The summed E-state index contributed by atoms with van der Waals surface area (Å²) in [6, 6.07) is 0.695. The van der Waals surface area contributed by atoms with E-state index in [1.807, 2.05) is 5.10 Å². The zero-order valence-electron chi connectivity index (χ0n) is 7.28. The van der Waals surface area contributed by atoms with Gasteiger partial charge in [0.05, 0.1) is 6.54 Å². The van der Waals surface area contributed by atoms with Crippen LogP contribution in [0.15, 0.2) is 10.9 Å². The SMILES string of the molecule is O=C(O)c1cc(=O)n(CC(F)C(F)F)[nH]1. The minimum atomic E-state index is -3.21. The standard InChI is InChI=1S/C7H7F3N2O3/c8-3(6(9)10)2-12-5(13)1-4(11-12)7(14)15/h1,3,6,11H,2H2,(H,14,15). The number of H-pyrrole nitrogens is 1. The van der Waals surface area contributed by atoms with Crippen molar-refractivity contribution >= 4 is 5.97 Å². The second-order valence-electron chi connectivity index (χ2n) is 2.77. The molecule has 1 aromatic rings.